The largest absolute Gasteiger partial charge is 0.352 e. The molecule has 0 saturated carbocycles. The van der Waals surface area contributed by atoms with Crippen LogP contribution < -0.4 is 4.90 Å². The topological polar surface area (TPSA) is 49.3 Å². The average Bonchev–Trinajstić information content (AvgIpc) is 3.18. The number of hydrogen-bond acceptors (Lipinski definition) is 5. The van der Waals surface area contributed by atoms with Crippen molar-refractivity contribution in [3.63, 3.8) is 0 Å². The number of thiophene rings is 1. The molecule has 0 bridgehead atoms. The molecule has 4 aromatic rings. The number of halogens is 1. The molecular weight excluding hydrogens is 428 g/mol. The lowest BCUT2D eigenvalue weighted by atomic mass is 10.0. The fourth-order valence-electron chi connectivity index (χ4n) is 3.98. The molecule has 0 spiro atoms. The molecule has 0 unspecified atom stereocenters. The minimum Gasteiger partial charge on any atom is -0.352 e. The predicted octanol–water partition coefficient (Wildman–Crippen LogP) is 5.28. The van der Waals surface area contributed by atoms with Gasteiger partial charge in [0.1, 0.15) is 10.6 Å². The van der Waals surface area contributed by atoms with Crippen LogP contribution >= 0.6 is 22.9 Å². The number of piperazine rings is 1. The van der Waals surface area contributed by atoms with E-state index in [1.54, 1.807) is 11.3 Å². The number of fused-ring (bicyclic) bond motifs is 1. The van der Waals surface area contributed by atoms with Crippen LogP contribution in [0.15, 0.2) is 60.7 Å². The second-order valence-corrected chi connectivity index (χ2v) is 9.19. The van der Waals surface area contributed by atoms with Crippen LogP contribution in [0.1, 0.15) is 15.2 Å². The van der Waals surface area contributed by atoms with E-state index in [0.29, 0.717) is 31.7 Å². The number of aromatic nitrogens is 2. The highest BCUT2D eigenvalue weighted by Crippen LogP contribution is 2.32. The first-order valence-electron chi connectivity index (χ1n) is 10.2. The van der Waals surface area contributed by atoms with Crippen LogP contribution in [0.25, 0.3) is 21.3 Å². The molecule has 0 radical (unpaired) electrons. The molecule has 1 fully saturated rings. The first-order valence-corrected chi connectivity index (χ1v) is 11.4. The van der Waals surface area contributed by atoms with Crippen molar-refractivity contribution in [3.05, 3.63) is 76.4 Å². The molecule has 2 aromatic carbocycles. The Balaban J connectivity index is 1.29. The molecular formula is C24H21ClN4OS. The molecule has 1 saturated heterocycles. The van der Waals surface area contributed by atoms with Crippen molar-refractivity contribution in [1.29, 1.82) is 0 Å². The zero-order valence-corrected chi connectivity index (χ0v) is 18.7. The van der Waals surface area contributed by atoms with Crippen LogP contribution in [-0.4, -0.2) is 47.0 Å². The van der Waals surface area contributed by atoms with Gasteiger partial charge in [0.2, 0.25) is 5.28 Å². The number of aryl methyl sites for hydroxylation is 1. The Kier molecular flexibility index (Phi) is 5.34. The molecule has 0 atom stereocenters. The maximum Gasteiger partial charge on any atom is 0.253 e. The van der Waals surface area contributed by atoms with Gasteiger partial charge in [-0.2, -0.15) is 4.98 Å². The summed E-state index contributed by atoms with van der Waals surface area (Å²) in [4.78, 5) is 28.1. The number of carbonyl (C=O) groups is 1. The van der Waals surface area contributed by atoms with Gasteiger partial charge in [0.05, 0.1) is 5.39 Å². The van der Waals surface area contributed by atoms with Crippen molar-refractivity contribution in [2.75, 3.05) is 31.1 Å². The monoisotopic (exact) mass is 448 g/mol. The van der Waals surface area contributed by atoms with Gasteiger partial charge in [0.15, 0.2) is 0 Å². The van der Waals surface area contributed by atoms with Gasteiger partial charge in [-0.05, 0) is 47.9 Å². The number of benzene rings is 2. The molecule has 2 aromatic heterocycles. The second-order valence-electron chi connectivity index (χ2n) is 7.61. The normalized spacial score (nSPS) is 14.3. The summed E-state index contributed by atoms with van der Waals surface area (Å²) in [6.07, 6.45) is 0. The maximum atomic E-state index is 13.0. The lowest BCUT2D eigenvalue weighted by molar-refractivity contribution is 0.0746. The number of anilines is 1. The van der Waals surface area contributed by atoms with E-state index < -0.39 is 0 Å². The van der Waals surface area contributed by atoms with Crippen LogP contribution in [0.4, 0.5) is 5.82 Å². The molecule has 0 N–H and O–H groups in total. The highest BCUT2D eigenvalue weighted by molar-refractivity contribution is 7.18. The third kappa shape index (κ3) is 4.01. The SMILES string of the molecule is Cc1cc2c(N3CCN(C(=O)c4ccc(-c5ccccc5)cc4)CC3)nc(Cl)nc2s1. The first kappa shape index (κ1) is 20.0. The Morgan fingerprint density at radius 2 is 1.61 bits per heavy atom. The highest BCUT2D eigenvalue weighted by atomic mass is 35.5. The average molecular weight is 449 g/mol. The fourth-order valence-corrected chi connectivity index (χ4v) is 5.07. The summed E-state index contributed by atoms with van der Waals surface area (Å²) in [6, 6.07) is 20.1. The number of nitrogens with zero attached hydrogens (tertiary/aromatic N) is 4. The molecule has 5 rings (SSSR count). The maximum absolute atomic E-state index is 13.0. The molecule has 5 nitrogen and oxygen atoms in total. The molecule has 0 aliphatic carbocycles. The molecule has 1 aliphatic heterocycles. The molecule has 1 aliphatic rings. The van der Waals surface area contributed by atoms with Gasteiger partial charge in [0, 0.05) is 36.6 Å². The van der Waals surface area contributed by atoms with E-state index in [0.717, 1.165) is 27.2 Å². The van der Waals surface area contributed by atoms with Gasteiger partial charge in [-0.1, -0.05) is 42.5 Å². The molecule has 7 heteroatoms. The summed E-state index contributed by atoms with van der Waals surface area (Å²) in [6.45, 7) is 4.77. The molecule has 156 valence electrons. The van der Waals surface area contributed by atoms with E-state index in [4.69, 9.17) is 11.6 Å². The van der Waals surface area contributed by atoms with Crippen LogP contribution in [0.5, 0.6) is 0 Å². The van der Waals surface area contributed by atoms with E-state index in [-0.39, 0.29) is 11.2 Å². The van der Waals surface area contributed by atoms with Crippen molar-refractivity contribution < 1.29 is 4.79 Å². The van der Waals surface area contributed by atoms with Crippen molar-refractivity contribution in [2.24, 2.45) is 0 Å². The molecule has 3 heterocycles. The van der Waals surface area contributed by atoms with Crippen LogP contribution in [0.2, 0.25) is 5.28 Å². The Labute approximate surface area is 189 Å². The standard InChI is InChI=1S/C24H21ClN4OS/c1-16-15-20-21(26-24(25)27-22(20)31-16)28-11-13-29(14-12-28)23(30)19-9-7-18(8-10-19)17-5-3-2-4-6-17/h2-10,15H,11-14H2,1H3. The number of amides is 1. The Bertz CT molecular complexity index is 1230. The summed E-state index contributed by atoms with van der Waals surface area (Å²) in [5.74, 6) is 0.926. The Morgan fingerprint density at radius 3 is 2.32 bits per heavy atom. The highest BCUT2D eigenvalue weighted by Gasteiger charge is 2.25. The molecule has 31 heavy (non-hydrogen) atoms. The number of hydrogen-bond donors (Lipinski definition) is 0. The Hall–Kier alpha value is -2.96. The Morgan fingerprint density at radius 1 is 0.935 bits per heavy atom. The number of carbonyl (C=O) groups excluding carboxylic acids is 1. The smallest absolute Gasteiger partial charge is 0.253 e. The van der Waals surface area contributed by atoms with Crippen molar-refractivity contribution in [2.45, 2.75) is 6.92 Å². The van der Waals surface area contributed by atoms with Crippen LogP contribution in [-0.2, 0) is 0 Å². The van der Waals surface area contributed by atoms with E-state index in [1.807, 2.05) is 47.4 Å². The third-order valence-electron chi connectivity index (χ3n) is 5.57. The van der Waals surface area contributed by atoms with Gasteiger partial charge >= 0.3 is 0 Å². The van der Waals surface area contributed by atoms with E-state index in [2.05, 4.69) is 40.0 Å². The van der Waals surface area contributed by atoms with Crippen molar-refractivity contribution in [1.82, 2.24) is 14.9 Å². The predicted molar refractivity (Wildman–Crippen MR) is 127 cm³/mol. The zero-order chi connectivity index (χ0) is 21.4. The first-order chi connectivity index (χ1) is 15.1. The third-order valence-corrected chi connectivity index (χ3v) is 6.69. The minimum atomic E-state index is 0.0662. The molecule has 1 amide bonds. The van der Waals surface area contributed by atoms with E-state index in [9.17, 15) is 4.79 Å². The van der Waals surface area contributed by atoms with Crippen molar-refractivity contribution >= 4 is 44.9 Å². The van der Waals surface area contributed by atoms with Gasteiger partial charge in [0.25, 0.3) is 5.91 Å². The quantitative estimate of drug-likeness (QED) is 0.400. The lowest BCUT2D eigenvalue weighted by Gasteiger charge is -2.35. The van der Waals surface area contributed by atoms with Crippen LogP contribution in [0.3, 0.4) is 0 Å². The van der Waals surface area contributed by atoms with Gasteiger partial charge in [-0.25, -0.2) is 4.98 Å². The fraction of sp³-hybridized carbons (Fsp3) is 0.208. The summed E-state index contributed by atoms with van der Waals surface area (Å²) >= 11 is 7.78. The summed E-state index contributed by atoms with van der Waals surface area (Å²) in [7, 11) is 0. The zero-order valence-electron chi connectivity index (χ0n) is 17.1. The van der Waals surface area contributed by atoms with E-state index in [1.165, 1.54) is 4.88 Å². The van der Waals surface area contributed by atoms with Crippen molar-refractivity contribution in [3.8, 4) is 11.1 Å². The second kappa shape index (κ2) is 8.29. The minimum absolute atomic E-state index is 0.0662. The van der Waals surface area contributed by atoms with Gasteiger partial charge < -0.3 is 9.80 Å². The van der Waals surface area contributed by atoms with E-state index >= 15 is 0 Å². The number of rotatable bonds is 3. The van der Waals surface area contributed by atoms with Gasteiger partial charge in [-0.15, -0.1) is 11.3 Å². The summed E-state index contributed by atoms with van der Waals surface area (Å²) < 4.78 is 0. The summed E-state index contributed by atoms with van der Waals surface area (Å²) in [5.41, 5.74) is 2.97. The summed E-state index contributed by atoms with van der Waals surface area (Å²) in [5, 5.41) is 1.30. The van der Waals surface area contributed by atoms with Gasteiger partial charge in [-0.3, -0.25) is 4.79 Å². The lowest BCUT2D eigenvalue weighted by Crippen LogP contribution is -2.49. The van der Waals surface area contributed by atoms with Crippen LogP contribution in [0, 0.1) is 6.92 Å².